The molecule has 0 radical (unpaired) electrons. The quantitative estimate of drug-likeness (QED) is 0.563. The van der Waals surface area contributed by atoms with E-state index in [9.17, 15) is 4.79 Å². The number of aromatic nitrogens is 1. The van der Waals surface area contributed by atoms with Crippen LogP contribution in [0.2, 0.25) is 0 Å². The minimum Gasteiger partial charge on any atom is -0.489 e. The van der Waals surface area contributed by atoms with E-state index in [4.69, 9.17) is 23.5 Å². The summed E-state index contributed by atoms with van der Waals surface area (Å²) in [6.07, 6.45) is 1.64. The molecular formula is C26H28N2O6. The monoisotopic (exact) mass is 464 g/mol. The maximum Gasteiger partial charge on any atom is 0.251 e. The zero-order valence-electron chi connectivity index (χ0n) is 19.4. The fourth-order valence-electron chi connectivity index (χ4n) is 4.47. The highest BCUT2D eigenvalue weighted by atomic mass is 16.7. The fourth-order valence-corrected chi connectivity index (χ4v) is 4.47. The van der Waals surface area contributed by atoms with E-state index in [0.717, 1.165) is 46.9 Å². The van der Waals surface area contributed by atoms with Crippen molar-refractivity contribution in [1.82, 2.24) is 10.5 Å². The Bertz CT molecular complexity index is 1150. The lowest BCUT2D eigenvalue weighted by molar-refractivity contribution is 0.0486. The van der Waals surface area contributed by atoms with Crippen LogP contribution >= 0.6 is 0 Å². The molecule has 178 valence electrons. The van der Waals surface area contributed by atoms with Crippen molar-refractivity contribution < 1.29 is 28.3 Å². The number of ether oxygens (including phenoxy) is 4. The smallest absolute Gasteiger partial charge is 0.251 e. The summed E-state index contributed by atoms with van der Waals surface area (Å²) in [6, 6.07) is 13.2. The number of aryl methyl sites for hydroxylation is 2. The summed E-state index contributed by atoms with van der Waals surface area (Å²) in [5.74, 6) is 2.81. The number of amides is 1. The van der Waals surface area contributed by atoms with Gasteiger partial charge in [0.1, 0.15) is 18.1 Å². The highest BCUT2D eigenvalue weighted by Crippen LogP contribution is 2.40. The van der Waals surface area contributed by atoms with Crippen molar-refractivity contribution in [3.63, 3.8) is 0 Å². The molecule has 0 unspecified atom stereocenters. The number of hydrogen-bond donors (Lipinski definition) is 1. The van der Waals surface area contributed by atoms with Crippen LogP contribution in [0.3, 0.4) is 0 Å². The van der Waals surface area contributed by atoms with Crippen molar-refractivity contribution in [2.75, 3.05) is 26.6 Å². The molecule has 34 heavy (non-hydrogen) atoms. The molecule has 2 aromatic carbocycles. The first kappa shape index (κ1) is 22.3. The molecule has 3 heterocycles. The Morgan fingerprint density at radius 2 is 1.82 bits per heavy atom. The summed E-state index contributed by atoms with van der Waals surface area (Å²) < 4.78 is 27.7. The Labute approximate surface area is 198 Å². The summed E-state index contributed by atoms with van der Waals surface area (Å²) in [5, 5.41) is 7.08. The number of fused-ring (bicyclic) bond motifs is 1. The zero-order valence-corrected chi connectivity index (χ0v) is 19.4. The van der Waals surface area contributed by atoms with E-state index in [0.29, 0.717) is 37.7 Å². The maximum atomic E-state index is 12.9. The molecule has 1 aromatic heterocycles. The van der Waals surface area contributed by atoms with Crippen molar-refractivity contribution in [2.24, 2.45) is 0 Å². The second-order valence-corrected chi connectivity index (χ2v) is 8.76. The minimum atomic E-state index is -0.216. The van der Waals surface area contributed by atoms with Crippen molar-refractivity contribution >= 4 is 5.91 Å². The van der Waals surface area contributed by atoms with Gasteiger partial charge in [-0.3, -0.25) is 4.79 Å². The van der Waals surface area contributed by atoms with Crippen LogP contribution in [0, 0.1) is 13.8 Å². The van der Waals surface area contributed by atoms with Crippen molar-refractivity contribution in [2.45, 2.75) is 38.7 Å². The molecule has 0 bridgehead atoms. The molecule has 0 atom stereocenters. The average molecular weight is 465 g/mol. The van der Waals surface area contributed by atoms with Gasteiger partial charge in [-0.2, -0.15) is 0 Å². The lowest BCUT2D eigenvalue weighted by Gasteiger charge is -2.38. The molecule has 0 spiro atoms. The minimum absolute atomic E-state index is 0.121. The normalized spacial score (nSPS) is 16.3. The third-order valence-corrected chi connectivity index (χ3v) is 6.70. The van der Waals surface area contributed by atoms with Gasteiger partial charge >= 0.3 is 0 Å². The second-order valence-electron chi connectivity index (χ2n) is 8.76. The van der Waals surface area contributed by atoms with Crippen molar-refractivity contribution in [3.8, 4) is 17.2 Å². The van der Waals surface area contributed by atoms with Gasteiger partial charge in [0.25, 0.3) is 5.91 Å². The molecule has 3 aromatic rings. The van der Waals surface area contributed by atoms with Crippen LogP contribution in [0.4, 0.5) is 0 Å². The fraction of sp³-hybridized carbons (Fsp3) is 0.385. The van der Waals surface area contributed by atoms with Gasteiger partial charge in [0, 0.05) is 30.7 Å². The van der Waals surface area contributed by atoms with E-state index in [1.54, 1.807) is 24.3 Å². The number of carbonyl (C=O) groups excluding carboxylic acids is 1. The predicted molar refractivity (Wildman–Crippen MR) is 123 cm³/mol. The number of benzene rings is 2. The van der Waals surface area contributed by atoms with Gasteiger partial charge in [0.05, 0.1) is 11.3 Å². The first-order valence-electron chi connectivity index (χ1n) is 11.4. The Morgan fingerprint density at radius 1 is 1.06 bits per heavy atom. The third kappa shape index (κ3) is 4.46. The first-order chi connectivity index (χ1) is 16.5. The largest absolute Gasteiger partial charge is 0.489 e. The number of nitrogens with zero attached hydrogens (tertiary/aromatic N) is 1. The molecule has 1 N–H and O–H groups in total. The van der Waals surface area contributed by atoms with Gasteiger partial charge in [0.15, 0.2) is 11.5 Å². The van der Waals surface area contributed by atoms with E-state index < -0.39 is 0 Å². The number of carbonyl (C=O) groups is 1. The molecule has 2 aliphatic rings. The Kier molecular flexibility index (Phi) is 6.15. The average Bonchev–Trinajstić information content (AvgIpc) is 3.47. The molecule has 5 rings (SSSR count). The van der Waals surface area contributed by atoms with Crippen LogP contribution in [-0.2, 0) is 16.8 Å². The van der Waals surface area contributed by atoms with Crippen LogP contribution in [-0.4, -0.2) is 37.6 Å². The van der Waals surface area contributed by atoms with Crippen molar-refractivity contribution in [1.29, 1.82) is 0 Å². The lowest BCUT2D eigenvalue weighted by Crippen LogP contribution is -2.44. The lowest BCUT2D eigenvalue weighted by atomic mass is 9.74. The zero-order chi connectivity index (χ0) is 23.5. The molecule has 0 saturated carbocycles. The van der Waals surface area contributed by atoms with E-state index in [-0.39, 0.29) is 18.1 Å². The Hall–Kier alpha value is -3.52. The van der Waals surface area contributed by atoms with Crippen molar-refractivity contribution in [3.05, 3.63) is 70.6 Å². The van der Waals surface area contributed by atoms with E-state index in [2.05, 4.69) is 16.5 Å². The van der Waals surface area contributed by atoms with Gasteiger partial charge in [-0.05, 0) is 68.7 Å². The van der Waals surface area contributed by atoms with E-state index in [1.165, 1.54) is 0 Å². The molecule has 1 fully saturated rings. The summed E-state index contributed by atoms with van der Waals surface area (Å²) >= 11 is 0. The van der Waals surface area contributed by atoms with Gasteiger partial charge < -0.3 is 28.8 Å². The summed E-state index contributed by atoms with van der Waals surface area (Å²) in [6.45, 7) is 6.18. The predicted octanol–water partition coefficient (Wildman–Crippen LogP) is 4.08. The molecule has 8 heteroatoms. The van der Waals surface area contributed by atoms with Crippen LogP contribution in [0.25, 0.3) is 0 Å². The highest BCUT2D eigenvalue weighted by molar-refractivity contribution is 5.94. The van der Waals surface area contributed by atoms with Gasteiger partial charge in [0.2, 0.25) is 6.79 Å². The molecule has 8 nitrogen and oxygen atoms in total. The maximum absolute atomic E-state index is 12.9. The second kappa shape index (κ2) is 9.38. The van der Waals surface area contributed by atoms with Gasteiger partial charge in [-0.25, -0.2) is 0 Å². The third-order valence-electron chi connectivity index (χ3n) is 6.70. The molecule has 2 aliphatic heterocycles. The summed E-state index contributed by atoms with van der Waals surface area (Å²) in [7, 11) is 0. The molecule has 0 aliphatic carbocycles. The topological polar surface area (TPSA) is 92.1 Å². The van der Waals surface area contributed by atoms with E-state index in [1.807, 2.05) is 26.0 Å². The first-order valence-corrected chi connectivity index (χ1v) is 11.4. The standard InChI is InChI=1S/C26H28N2O6/c1-17-22(18(2)34-28-17)14-31-21-6-3-19(4-7-21)25(29)27-15-26(9-11-30-12-10-26)20-5-8-23-24(13-20)33-16-32-23/h3-8,13H,9-12,14-16H2,1-2H3,(H,27,29). The van der Waals surface area contributed by atoms with Gasteiger partial charge in [-0.15, -0.1) is 0 Å². The molecule has 1 saturated heterocycles. The summed E-state index contributed by atoms with van der Waals surface area (Å²) in [5.41, 5.74) is 3.25. The Morgan fingerprint density at radius 3 is 2.56 bits per heavy atom. The van der Waals surface area contributed by atoms with Crippen LogP contribution < -0.4 is 19.5 Å². The van der Waals surface area contributed by atoms with Gasteiger partial charge in [-0.1, -0.05) is 11.2 Å². The number of rotatable bonds is 7. The number of hydrogen-bond acceptors (Lipinski definition) is 7. The van der Waals surface area contributed by atoms with Crippen LogP contribution in [0.15, 0.2) is 47.0 Å². The molecular weight excluding hydrogens is 436 g/mol. The number of nitrogens with one attached hydrogen (secondary N) is 1. The van der Waals surface area contributed by atoms with E-state index >= 15 is 0 Å². The summed E-state index contributed by atoms with van der Waals surface area (Å²) in [4.78, 5) is 12.9. The van der Waals surface area contributed by atoms with Crippen LogP contribution in [0.5, 0.6) is 17.2 Å². The SMILES string of the molecule is Cc1noc(C)c1COc1ccc(C(=O)NCC2(c3ccc4c(c3)OCO4)CCOCC2)cc1. The van der Waals surface area contributed by atoms with Crippen LogP contribution in [0.1, 0.15) is 45.8 Å². The Balaban J connectivity index is 1.24. The highest BCUT2D eigenvalue weighted by Gasteiger charge is 2.36. The molecule has 1 amide bonds.